The average Bonchev–Trinajstić information content (AvgIpc) is 2.77. The molecule has 0 aromatic rings. The summed E-state index contributed by atoms with van der Waals surface area (Å²) in [6, 6.07) is 0. The molecule has 1 amide bonds. The van der Waals surface area contributed by atoms with E-state index in [-0.39, 0.29) is 23.5 Å². The van der Waals surface area contributed by atoms with Crippen molar-refractivity contribution in [2.75, 3.05) is 20.8 Å². The molecule has 0 saturated heterocycles. The molecule has 1 unspecified atom stereocenters. The first-order valence-electron chi connectivity index (χ1n) is 4.84. The molecule has 1 rings (SSSR count). The Morgan fingerprint density at radius 3 is 2.36 bits per heavy atom. The standard InChI is InChI=1S/C10H19NO3/c1-10(2)5-7(10)9(12)11-6-8(13-3)14-4/h7-8H,5-6H2,1-4H3,(H,11,12). The first-order valence-corrected chi connectivity index (χ1v) is 4.84. The lowest BCUT2D eigenvalue weighted by molar-refractivity contribution is -0.129. The zero-order chi connectivity index (χ0) is 10.8. The van der Waals surface area contributed by atoms with E-state index in [0.717, 1.165) is 6.42 Å². The van der Waals surface area contributed by atoms with Crippen LogP contribution >= 0.6 is 0 Å². The maximum Gasteiger partial charge on any atom is 0.223 e. The van der Waals surface area contributed by atoms with Crippen LogP contribution in [0.5, 0.6) is 0 Å². The Labute approximate surface area is 85.0 Å². The number of amides is 1. The highest BCUT2D eigenvalue weighted by molar-refractivity contribution is 5.82. The molecule has 0 radical (unpaired) electrons. The van der Waals surface area contributed by atoms with Crippen LogP contribution in [0.3, 0.4) is 0 Å². The van der Waals surface area contributed by atoms with Crippen LogP contribution in [0.2, 0.25) is 0 Å². The summed E-state index contributed by atoms with van der Waals surface area (Å²) in [6.45, 7) is 4.61. The molecule has 1 aliphatic rings. The molecule has 0 aliphatic heterocycles. The zero-order valence-electron chi connectivity index (χ0n) is 9.29. The highest BCUT2D eigenvalue weighted by atomic mass is 16.7. The second kappa shape index (κ2) is 4.28. The Kier molecular flexibility index (Phi) is 3.50. The monoisotopic (exact) mass is 201 g/mol. The van der Waals surface area contributed by atoms with Crippen LogP contribution in [0.25, 0.3) is 0 Å². The fraction of sp³-hybridized carbons (Fsp3) is 0.900. The minimum absolute atomic E-state index is 0.106. The average molecular weight is 201 g/mol. The number of hydrogen-bond donors (Lipinski definition) is 1. The molecular formula is C10H19NO3. The van der Waals surface area contributed by atoms with Gasteiger partial charge in [-0.2, -0.15) is 0 Å². The molecule has 4 heteroatoms. The summed E-state index contributed by atoms with van der Waals surface area (Å²) >= 11 is 0. The summed E-state index contributed by atoms with van der Waals surface area (Å²) in [6.07, 6.45) is 0.629. The van der Waals surface area contributed by atoms with Crippen molar-refractivity contribution in [2.45, 2.75) is 26.6 Å². The summed E-state index contributed by atoms with van der Waals surface area (Å²) in [5.41, 5.74) is 0.180. The molecule has 0 spiro atoms. The molecule has 1 N–H and O–H groups in total. The van der Waals surface area contributed by atoms with E-state index < -0.39 is 0 Å². The maximum atomic E-state index is 11.5. The van der Waals surface area contributed by atoms with Crippen molar-refractivity contribution >= 4 is 5.91 Å². The van der Waals surface area contributed by atoms with Gasteiger partial charge in [-0.15, -0.1) is 0 Å². The molecule has 82 valence electrons. The Morgan fingerprint density at radius 2 is 2.00 bits per heavy atom. The molecule has 1 aliphatic carbocycles. The number of nitrogens with one attached hydrogen (secondary N) is 1. The fourth-order valence-corrected chi connectivity index (χ4v) is 1.48. The largest absolute Gasteiger partial charge is 0.354 e. The summed E-state index contributed by atoms with van der Waals surface area (Å²) < 4.78 is 9.93. The summed E-state index contributed by atoms with van der Waals surface area (Å²) in [7, 11) is 3.11. The normalized spacial score (nSPS) is 23.6. The van der Waals surface area contributed by atoms with Crippen molar-refractivity contribution in [2.24, 2.45) is 11.3 Å². The number of ether oxygens (including phenoxy) is 2. The lowest BCUT2D eigenvalue weighted by atomic mass is 10.1. The van der Waals surface area contributed by atoms with Crippen molar-refractivity contribution in [1.29, 1.82) is 0 Å². The van der Waals surface area contributed by atoms with Gasteiger partial charge in [0.1, 0.15) is 0 Å². The van der Waals surface area contributed by atoms with E-state index in [2.05, 4.69) is 19.2 Å². The van der Waals surface area contributed by atoms with Crippen LogP contribution in [-0.2, 0) is 14.3 Å². The molecule has 0 bridgehead atoms. The van der Waals surface area contributed by atoms with Crippen molar-refractivity contribution in [3.63, 3.8) is 0 Å². The van der Waals surface area contributed by atoms with Gasteiger partial charge in [0.25, 0.3) is 0 Å². The van der Waals surface area contributed by atoms with Gasteiger partial charge in [-0.3, -0.25) is 4.79 Å². The van der Waals surface area contributed by atoms with Gasteiger partial charge < -0.3 is 14.8 Å². The van der Waals surface area contributed by atoms with E-state index in [4.69, 9.17) is 9.47 Å². The van der Waals surface area contributed by atoms with Gasteiger partial charge in [0.2, 0.25) is 5.91 Å². The Bertz CT molecular complexity index is 211. The van der Waals surface area contributed by atoms with Gasteiger partial charge >= 0.3 is 0 Å². The van der Waals surface area contributed by atoms with Gasteiger partial charge in [0.05, 0.1) is 6.54 Å². The van der Waals surface area contributed by atoms with Crippen molar-refractivity contribution < 1.29 is 14.3 Å². The van der Waals surface area contributed by atoms with E-state index in [9.17, 15) is 4.79 Å². The quantitative estimate of drug-likeness (QED) is 0.668. The Hall–Kier alpha value is -0.610. The van der Waals surface area contributed by atoms with Crippen molar-refractivity contribution in [3.05, 3.63) is 0 Å². The second-order valence-electron chi connectivity index (χ2n) is 4.39. The van der Waals surface area contributed by atoms with E-state index in [0.29, 0.717) is 6.54 Å². The molecule has 0 heterocycles. The molecule has 0 aromatic carbocycles. The molecular weight excluding hydrogens is 182 g/mol. The van der Waals surface area contributed by atoms with Gasteiger partial charge in [0.15, 0.2) is 6.29 Å². The van der Waals surface area contributed by atoms with Gasteiger partial charge in [-0.25, -0.2) is 0 Å². The lowest BCUT2D eigenvalue weighted by Crippen LogP contribution is -2.35. The van der Waals surface area contributed by atoms with E-state index in [1.54, 1.807) is 14.2 Å². The zero-order valence-corrected chi connectivity index (χ0v) is 9.29. The second-order valence-corrected chi connectivity index (χ2v) is 4.39. The van der Waals surface area contributed by atoms with Crippen molar-refractivity contribution in [3.8, 4) is 0 Å². The number of rotatable bonds is 5. The molecule has 4 nitrogen and oxygen atoms in total. The minimum atomic E-state index is -0.346. The number of carbonyl (C=O) groups is 1. The molecule has 1 atom stereocenters. The van der Waals surface area contributed by atoms with Crippen LogP contribution < -0.4 is 5.32 Å². The minimum Gasteiger partial charge on any atom is -0.354 e. The Balaban J connectivity index is 2.22. The molecule has 0 aromatic heterocycles. The highest BCUT2D eigenvalue weighted by Crippen LogP contribution is 2.51. The van der Waals surface area contributed by atoms with Crippen LogP contribution in [0.4, 0.5) is 0 Å². The van der Waals surface area contributed by atoms with Crippen LogP contribution in [-0.4, -0.2) is 33.0 Å². The summed E-state index contributed by atoms with van der Waals surface area (Å²) in [5.74, 6) is 0.269. The lowest BCUT2D eigenvalue weighted by Gasteiger charge is -2.14. The van der Waals surface area contributed by atoms with E-state index in [1.165, 1.54) is 0 Å². The Morgan fingerprint density at radius 1 is 1.50 bits per heavy atom. The number of methoxy groups -OCH3 is 2. The first-order chi connectivity index (χ1) is 6.51. The predicted molar refractivity (Wildman–Crippen MR) is 52.7 cm³/mol. The first kappa shape index (κ1) is 11.5. The molecule has 1 fully saturated rings. The third-order valence-corrected chi connectivity index (χ3v) is 2.80. The van der Waals surface area contributed by atoms with E-state index >= 15 is 0 Å². The highest BCUT2D eigenvalue weighted by Gasteiger charge is 2.50. The predicted octanol–water partition coefficient (Wildman–Crippen LogP) is 0.768. The van der Waals surface area contributed by atoms with Crippen LogP contribution in [0, 0.1) is 11.3 Å². The molecule has 1 saturated carbocycles. The maximum absolute atomic E-state index is 11.5. The van der Waals surface area contributed by atoms with Crippen LogP contribution in [0.15, 0.2) is 0 Å². The van der Waals surface area contributed by atoms with Gasteiger partial charge in [-0.1, -0.05) is 13.8 Å². The SMILES string of the molecule is COC(CNC(=O)C1CC1(C)C)OC. The number of carbonyl (C=O) groups excluding carboxylic acids is 1. The van der Waals surface area contributed by atoms with Gasteiger partial charge in [0, 0.05) is 20.1 Å². The summed E-state index contributed by atoms with van der Waals surface area (Å²) in [4.78, 5) is 11.5. The smallest absolute Gasteiger partial charge is 0.223 e. The topological polar surface area (TPSA) is 47.6 Å². The third-order valence-electron chi connectivity index (χ3n) is 2.80. The fourth-order valence-electron chi connectivity index (χ4n) is 1.48. The molecule has 14 heavy (non-hydrogen) atoms. The summed E-state index contributed by atoms with van der Waals surface area (Å²) in [5, 5.41) is 2.81. The third kappa shape index (κ3) is 2.69. The van der Waals surface area contributed by atoms with Gasteiger partial charge in [-0.05, 0) is 11.8 Å². The van der Waals surface area contributed by atoms with E-state index in [1.807, 2.05) is 0 Å². The van der Waals surface area contributed by atoms with Crippen molar-refractivity contribution in [1.82, 2.24) is 5.32 Å². The van der Waals surface area contributed by atoms with Crippen LogP contribution in [0.1, 0.15) is 20.3 Å². The number of hydrogen-bond acceptors (Lipinski definition) is 3.